The fraction of sp³-hybridized carbons (Fsp3) is 0.855. The van der Waals surface area contributed by atoms with Crippen LogP contribution in [0.3, 0.4) is 0 Å². The maximum absolute atomic E-state index is 12.9. The van der Waals surface area contributed by atoms with Gasteiger partial charge in [0.1, 0.15) is 13.2 Å². The normalized spacial score (nSPS) is 12.2. The molecule has 0 spiro atoms. The molecular weight excluding hydrogens is 841 g/mol. The quantitative estimate of drug-likeness (QED) is 0.0262. The molecule has 0 aromatic rings. The molecule has 0 saturated heterocycles. The van der Waals surface area contributed by atoms with E-state index in [1.165, 1.54) is 205 Å². The fourth-order valence-electron chi connectivity index (χ4n) is 8.82. The number of allylic oxidation sites excluding steroid dienone is 6. The third-order valence-corrected chi connectivity index (χ3v) is 13.4. The van der Waals surface area contributed by atoms with E-state index in [-0.39, 0.29) is 31.1 Å². The van der Waals surface area contributed by atoms with Gasteiger partial charge in [-0.25, -0.2) is 0 Å². The summed E-state index contributed by atoms with van der Waals surface area (Å²) in [5.74, 6) is -0.871. The van der Waals surface area contributed by atoms with Crippen LogP contribution in [0.15, 0.2) is 36.5 Å². The molecule has 0 aromatic heterocycles. The van der Waals surface area contributed by atoms with E-state index in [0.717, 1.165) is 77.0 Å². The molecular formula is C62H114O6. The van der Waals surface area contributed by atoms with Crippen molar-refractivity contribution in [3.05, 3.63) is 36.5 Å². The molecule has 0 bridgehead atoms. The summed E-state index contributed by atoms with van der Waals surface area (Å²) in [6, 6.07) is 0. The number of hydrogen-bond donors (Lipinski definition) is 0. The Kier molecular flexibility index (Phi) is 55.2. The molecule has 0 heterocycles. The van der Waals surface area contributed by atoms with Crippen LogP contribution in [0.1, 0.15) is 323 Å². The topological polar surface area (TPSA) is 78.9 Å². The van der Waals surface area contributed by atoms with Crippen molar-refractivity contribution >= 4 is 17.9 Å². The molecule has 1 unspecified atom stereocenters. The third-order valence-electron chi connectivity index (χ3n) is 13.4. The average Bonchev–Trinajstić information content (AvgIpc) is 3.34. The summed E-state index contributed by atoms with van der Waals surface area (Å²) in [7, 11) is 0. The molecule has 0 aromatic carbocycles. The zero-order valence-corrected chi connectivity index (χ0v) is 45.6. The van der Waals surface area contributed by atoms with Gasteiger partial charge in [0, 0.05) is 19.3 Å². The maximum Gasteiger partial charge on any atom is 0.306 e. The Balaban J connectivity index is 4.36. The van der Waals surface area contributed by atoms with Gasteiger partial charge < -0.3 is 14.2 Å². The summed E-state index contributed by atoms with van der Waals surface area (Å²) in [5, 5.41) is 0. The minimum absolute atomic E-state index is 0.0742. The Hall–Kier alpha value is -2.37. The van der Waals surface area contributed by atoms with Crippen LogP contribution in [-0.4, -0.2) is 37.2 Å². The lowest BCUT2D eigenvalue weighted by atomic mass is 10.0. The molecule has 0 fully saturated rings. The highest BCUT2D eigenvalue weighted by Crippen LogP contribution is 2.16. The predicted octanol–water partition coefficient (Wildman–Crippen LogP) is 20.0. The zero-order chi connectivity index (χ0) is 49.3. The average molecular weight is 956 g/mol. The van der Waals surface area contributed by atoms with Crippen molar-refractivity contribution in [1.29, 1.82) is 0 Å². The van der Waals surface area contributed by atoms with E-state index < -0.39 is 6.10 Å². The lowest BCUT2D eigenvalue weighted by Gasteiger charge is -2.18. The van der Waals surface area contributed by atoms with Crippen molar-refractivity contribution in [1.82, 2.24) is 0 Å². The number of esters is 3. The predicted molar refractivity (Wildman–Crippen MR) is 293 cm³/mol. The molecule has 1 atom stereocenters. The largest absolute Gasteiger partial charge is 0.462 e. The van der Waals surface area contributed by atoms with Gasteiger partial charge in [0.2, 0.25) is 0 Å². The first kappa shape index (κ1) is 65.6. The number of rotatable bonds is 55. The van der Waals surface area contributed by atoms with Gasteiger partial charge in [0.05, 0.1) is 0 Å². The summed E-state index contributed by atoms with van der Waals surface area (Å²) in [6.45, 7) is 6.65. The van der Waals surface area contributed by atoms with E-state index in [2.05, 4.69) is 57.2 Å². The van der Waals surface area contributed by atoms with E-state index in [1.54, 1.807) is 0 Å². The van der Waals surface area contributed by atoms with Gasteiger partial charge in [0.25, 0.3) is 0 Å². The highest BCUT2D eigenvalue weighted by atomic mass is 16.6. The van der Waals surface area contributed by atoms with Crippen LogP contribution in [0.5, 0.6) is 0 Å². The van der Waals surface area contributed by atoms with Crippen LogP contribution >= 0.6 is 0 Å². The van der Waals surface area contributed by atoms with Gasteiger partial charge in [-0.3, -0.25) is 14.4 Å². The van der Waals surface area contributed by atoms with E-state index in [1.807, 2.05) is 0 Å². The zero-order valence-electron chi connectivity index (χ0n) is 45.6. The lowest BCUT2D eigenvalue weighted by Crippen LogP contribution is -2.30. The van der Waals surface area contributed by atoms with Crippen LogP contribution in [0, 0.1) is 0 Å². The van der Waals surface area contributed by atoms with Gasteiger partial charge in [-0.15, -0.1) is 0 Å². The van der Waals surface area contributed by atoms with Gasteiger partial charge in [0.15, 0.2) is 6.10 Å². The fourth-order valence-corrected chi connectivity index (χ4v) is 8.82. The Labute approximate surface area is 423 Å². The molecule has 6 nitrogen and oxygen atoms in total. The van der Waals surface area contributed by atoms with E-state index in [9.17, 15) is 14.4 Å². The number of carbonyl (C=O) groups excluding carboxylic acids is 3. The highest BCUT2D eigenvalue weighted by molar-refractivity contribution is 5.71. The maximum atomic E-state index is 12.9. The van der Waals surface area contributed by atoms with Crippen molar-refractivity contribution in [2.45, 2.75) is 329 Å². The van der Waals surface area contributed by atoms with Crippen LogP contribution in [0.2, 0.25) is 0 Å². The van der Waals surface area contributed by atoms with Crippen LogP contribution in [0.25, 0.3) is 0 Å². The van der Waals surface area contributed by atoms with E-state index in [0.29, 0.717) is 19.3 Å². The smallest absolute Gasteiger partial charge is 0.306 e. The van der Waals surface area contributed by atoms with Gasteiger partial charge in [-0.2, -0.15) is 0 Å². The minimum atomic E-state index is -0.777. The number of unbranched alkanes of at least 4 members (excludes halogenated alkanes) is 38. The molecule has 6 heteroatoms. The molecule has 68 heavy (non-hydrogen) atoms. The Morgan fingerprint density at radius 2 is 0.529 bits per heavy atom. The van der Waals surface area contributed by atoms with Gasteiger partial charge in [-0.05, 0) is 77.0 Å². The van der Waals surface area contributed by atoms with Crippen LogP contribution < -0.4 is 0 Å². The number of carbonyl (C=O) groups is 3. The Morgan fingerprint density at radius 3 is 0.853 bits per heavy atom. The number of hydrogen-bond acceptors (Lipinski definition) is 6. The first-order valence-electron chi connectivity index (χ1n) is 30.0. The van der Waals surface area contributed by atoms with Crippen molar-refractivity contribution in [2.75, 3.05) is 13.2 Å². The molecule has 0 N–H and O–H groups in total. The number of ether oxygens (including phenoxy) is 3. The summed E-state index contributed by atoms with van der Waals surface area (Å²) < 4.78 is 16.9. The molecule has 398 valence electrons. The molecule has 0 radical (unpaired) electrons. The van der Waals surface area contributed by atoms with Crippen molar-refractivity contribution < 1.29 is 28.6 Å². The molecule has 0 aliphatic rings. The molecule has 0 aliphatic carbocycles. The van der Waals surface area contributed by atoms with Crippen molar-refractivity contribution in [3.8, 4) is 0 Å². The van der Waals surface area contributed by atoms with E-state index in [4.69, 9.17) is 14.2 Å². The molecule has 0 saturated carbocycles. The molecule has 0 amide bonds. The second kappa shape index (κ2) is 57.2. The highest BCUT2D eigenvalue weighted by Gasteiger charge is 2.19. The summed E-state index contributed by atoms with van der Waals surface area (Å²) >= 11 is 0. The standard InChI is InChI=1S/C62H114O6/c1-4-7-10-13-16-19-22-25-28-30-32-34-37-40-43-46-49-52-55-61(64)67-58-59(57-66-60(63)54-51-48-45-42-39-36-33-27-24-21-18-15-12-9-6-3)68-62(65)56-53-50-47-44-41-38-35-31-29-26-23-20-17-14-11-8-5-2/h17,20,26,29,32,34,59H,4-16,18-19,21-25,27-28,30-31,33,35-58H2,1-3H3/b20-17-,29-26-,34-32-. The van der Waals surface area contributed by atoms with E-state index >= 15 is 0 Å². The van der Waals surface area contributed by atoms with Crippen LogP contribution in [-0.2, 0) is 28.6 Å². The summed E-state index contributed by atoms with van der Waals surface area (Å²) in [6.07, 6.45) is 68.5. The SMILES string of the molecule is CCCCC/C=C\C/C=C\CCCCCCCCCC(=O)OC(COC(=O)CCCCCCC/C=C\CCCCCCCCCCC)COC(=O)CCCCCCCCCCCCCCCCC. The first-order chi connectivity index (χ1) is 33.5. The first-order valence-corrected chi connectivity index (χ1v) is 30.0. The third kappa shape index (κ3) is 54.6. The lowest BCUT2D eigenvalue weighted by molar-refractivity contribution is -0.167. The Bertz CT molecular complexity index is 1140. The Morgan fingerprint density at radius 1 is 0.294 bits per heavy atom. The van der Waals surface area contributed by atoms with Gasteiger partial charge >= 0.3 is 17.9 Å². The summed E-state index contributed by atoms with van der Waals surface area (Å²) in [5.41, 5.74) is 0. The monoisotopic (exact) mass is 955 g/mol. The molecule has 0 rings (SSSR count). The van der Waals surface area contributed by atoms with Crippen molar-refractivity contribution in [3.63, 3.8) is 0 Å². The summed E-state index contributed by atoms with van der Waals surface area (Å²) in [4.78, 5) is 38.2. The van der Waals surface area contributed by atoms with Crippen molar-refractivity contribution in [2.24, 2.45) is 0 Å². The second-order valence-corrected chi connectivity index (χ2v) is 20.3. The van der Waals surface area contributed by atoms with Gasteiger partial charge in [-0.1, -0.05) is 263 Å². The molecule has 0 aliphatic heterocycles. The van der Waals surface area contributed by atoms with Crippen LogP contribution in [0.4, 0.5) is 0 Å². The minimum Gasteiger partial charge on any atom is -0.462 e. The second-order valence-electron chi connectivity index (χ2n) is 20.3.